The minimum Gasteiger partial charge on any atom is -0.370 e. The predicted molar refractivity (Wildman–Crippen MR) is 46.7 cm³/mol. The van der Waals surface area contributed by atoms with E-state index in [1.165, 1.54) is 4.88 Å². The summed E-state index contributed by atoms with van der Waals surface area (Å²) in [4.78, 5) is 5.36. The molecule has 1 unspecified atom stereocenters. The van der Waals surface area contributed by atoms with Crippen LogP contribution in [0.5, 0.6) is 0 Å². The lowest BCUT2D eigenvalue weighted by Crippen LogP contribution is -2.29. The van der Waals surface area contributed by atoms with Crippen LogP contribution in [0.2, 0.25) is 0 Å². The fourth-order valence-corrected chi connectivity index (χ4v) is 1.88. The van der Waals surface area contributed by atoms with Gasteiger partial charge in [-0.25, -0.2) is 0 Å². The van der Waals surface area contributed by atoms with Crippen LogP contribution in [0.3, 0.4) is 0 Å². The van der Waals surface area contributed by atoms with Gasteiger partial charge in [-0.1, -0.05) is 6.07 Å². The van der Waals surface area contributed by atoms with Crippen molar-refractivity contribution in [2.75, 3.05) is 6.54 Å². The maximum absolute atomic E-state index is 5.47. The van der Waals surface area contributed by atoms with Gasteiger partial charge < -0.3 is 11.1 Å². The molecule has 3 N–H and O–H groups in total. The Balaban J connectivity index is 2.11. The molecule has 0 aliphatic carbocycles. The first-order valence-corrected chi connectivity index (χ1v) is 4.34. The van der Waals surface area contributed by atoms with Crippen LogP contribution in [0.4, 0.5) is 0 Å². The summed E-state index contributed by atoms with van der Waals surface area (Å²) in [6.07, 6.45) is 0. The monoisotopic (exact) mass is 167 g/mol. The second-order valence-corrected chi connectivity index (χ2v) is 3.42. The molecule has 11 heavy (non-hydrogen) atoms. The molecular formula is C7H9N3S. The van der Waals surface area contributed by atoms with Crippen molar-refractivity contribution in [3.05, 3.63) is 22.4 Å². The number of guanidine groups is 1. The molecule has 4 heteroatoms. The van der Waals surface area contributed by atoms with Gasteiger partial charge in [-0.2, -0.15) is 0 Å². The molecule has 0 spiro atoms. The minimum atomic E-state index is 0.315. The number of aliphatic imine (C=N–C) groups is 1. The van der Waals surface area contributed by atoms with E-state index in [2.05, 4.69) is 21.8 Å². The van der Waals surface area contributed by atoms with Gasteiger partial charge in [0.1, 0.15) is 0 Å². The molecule has 0 amide bonds. The third-order valence-electron chi connectivity index (χ3n) is 1.65. The van der Waals surface area contributed by atoms with E-state index >= 15 is 0 Å². The van der Waals surface area contributed by atoms with Gasteiger partial charge in [0.25, 0.3) is 0 Å². The highest BCUT2D eigenvalue weighted by atomic mass is 32.1. The summed E-state index contributed by atoms with van der Waals surface area (Å²) in [6, 6.07) is 4.45. The molecule has 0 fully saturated rings. The number of thiophene rings is 1. The Morgan fingerprint density at radius 1 is 1.73 bits per heavy atom. The normalized spacial score (nSPS) is 22.9. The van der Waals surface area contributed by atoms with Gasteiger partial charge in [-0.3, -0.25) is 4.99 Å². The van der Waals surface area contributed by atoms with Crippen LogP contribution in [-0.4, -0.2) is 12.5 Å². The maximum Gasteiger partial charge on any atom is 0.189 e. The summed E-state index contributed by atoms with van der Waals surface area (Å²) in [5, 5.41) is 5.16. The average Bonchev–Trinajstić information content (AvgIpc) is 2.55. The number of hydrogen-bond acceptors (Lipinski definition) is 4. The smallest absolute Gasteiger partial charge is 0.189 e. The molecule has 58 valence electrons. The molecule has 1 aliphatic heterocycles. The molecule has 2 rings (SSSR count). The van der Waals surface area contributed by atoms with Gasteiger partial charge in [-0.05, 0) is 11.4 Å². The molecule has 0 aromatic carbocycles. The predicted octanol–water partition coefficient (Wildman–Crippen LogP) is 0.707. The highest BCUT2D eigenvalue weighted by Gasteiger charge is 2.17. The molecule has 0 radical (unpaired) electrons. The lowest BCUT2D eigenvalue weighted by molar-refractivity contribution is 0.722. The average molecular weight is 167 g/mol. The van der Waals surface area contributed by atoms with Gasteiger partial charge in [0, 0.05) is 4.88 Å². The molecule has 0 saturated carbocycles. The number of nitrogens with two attached hydrogens (primary N) is 1. The van der Waals surface area contributed by atoms with E-state index in [1.54, 1.807) is 11.3 Å². The largest absolute Gasteiger partial charge is 0.370 e. The van der Waals surface area contributed by atoms with E-state index in [0.717, 1.165) is 6.54 Å². The number of nitrogens with zero attached hydrogens (tertiary/aromatic N) is 1. The van der Waals surface area contributed by atoms with E-state index in [4.69, 9.17) is 5.73 Å². The van der Waals surface area contributed by atoms with Crippen LogP contribution >= 0.6 is 11.3 Å². The van der Waals surface area contributed by atoms with Crippen molar-refractivity contribution in [1.29, 1.82) is 0 Å². The van der Waals surface area contributed by atoms with Crippen molar-refractivity contribution < 1.29 is 0 Å². The number of hydrogen-bond donors (Lipinski definition) is 2. The lowest BCUT2D eigenvalue weighted by Gasteiger charge is -2.06. The topological polar surface area (TPSA) is 50.4 Å². The van der Waals surface area contributed by atoms with E-state index in [-0.39, 0.29) is 0 Å². The fraction of sp³-hybridized carbons (Fsp3) is 0.286. The van der Waals surface area contributed by atoms with Gasteiger partial charge in [0.2, 0.25) is 0 Å². The SMILES string of the molecule is NC1=NCC(c2cccs2)N1. The zero-order valence-corrected chi connectivity index (χ0v) is 6.77. The second-order valence-electron chi connectivity index (χ2n) is 2.44. The zero-order chi connectivity index (χ0) is 7.68. The fourth-order valence-electron chi connectivity index (χ4n) is 1.11. The first-order valence-electron chi connectivity index (χ1n) is 3.46. The molecule has 3 nitrogen and oxygen atoms in total. The molecule has 0 bridgehead atoms. The standard InChI is InChI=1S/C7H9N3S/c8-7-9-4-5(10-7)6-2-1-3-11-6/h1-3,5H,4H2,(H3,8,9,10). The molecule has 0 saturated heterocycles. The van der Waals surface area contributed by atoms with Crippen molar-refractivity contribution in [2.24, 2.45) is 10.7 Å². The molecule has 1 atom stereocenters. The first kappa shape index (κ1) is 6.67. The third-order valence-corrected chi connectivity index (χ3v) is 2.64. The molecule has 1 aliphatic rings. The van der Waals surface area contributed by atoms with Gasteiger partial charge >= 0.3 is 0 Å². The summed E-state index contributed by atoms with van der Waals surface area (Å²) in [7, 11) is 0. The molecular weight excluding hydrogens is 158 g/mol. The van der Waals surface area contributed by atoms with Crippen molar-refractivity contribution >= 4 is 17.3 Å². The summed E-state index contributed by atoms with van der Waals surface area (Å²) < 4.78 is 0. The molecule has 2 heterocycles. The second kappa shape index (κ2) is 2.54. The summed E-state index contributed by atoms with van der Waals surface area (Å²) in [6.45, 7) is 0.770. The summed E-state index contributed by atoms with van der Waals surface area (Å²) in [5.41, 5.74) is 5.47. The van der Waals surface area contributed by atoms with E-state index in [9.17, 15) is 0 Å². The maximum atomic E-state index is 5.47. The van der Waals surface area contributed by atoms with Gasteiger partial charge in [0.15, 0.2) is 5.96 Å². The van der Waals surface area contributed by atoms with Crippen LogP contribution in [0.25, 0.3) is 0 Å². The van der Waals surface area contributed by atoms with Crippen LogP contribution in [0.15, 0.2) is 22.5 Å². The Kier molecular flexibility index (Phi) is 1.54. The number of rotatable bonds is 1. The molecule has 1 aromatic heterocycles. The number of nitrogens with one attached hydrogen (secondary N) is 1. The van der Waals surface area contributed by atoms with Crippen molar-refractivity contribution in [1.82, 2.24) is 5.32 Å². The summed E-state index contributed by atoms with van der Waals surface area (Å²) in [5.74, 6) is 0.559. The summed E-state index contributed by atoms with van der Waals surface area (Å²) >= 11 is 1.73. The molecule has 1 aromatic rings. The highest BCUT2D eigenvalue weighted by molar-refractivity contribution is 7.10. The van der Waals surface area contributed by atoms with Crippen LogP contribution in [0.1, 0.15) is 10.9 Å². The van der Waals surface area contributed by atoms with Crippen LogP contribution in [-0.2, 0) is 0 Å². The zero-order valence-electron chi connectivity index (χ0n) is 5.95. The Labute approximate surface area is 68.9 Å². The Morgan fingerprint density at radius 2 is 2.64 bits per heavy atom. The Bertz CT molecular complexity index is 265. The van der Waals surface area contributed by atoms with Crippen molar-refractivity contribution in [3.63, 3.8) is 0 Å². The Hall–Kier alpha value is -1.03. The third kappa shape index (κ3) is 1.21. The van der Waals surface area contributed by atoms with Crippen LogP contribution in [0, 0.1) is 0 Å². The van der Waals surface area contributed by atoms with E-state index in [0.29, 0.717) is 12.0 Å². The Morgan fingerprint density at radius 3 is 3.18 bits per heavy atom. The van der Waals surface area contributed by atoms with Crippen molar-refractivity contribution in [2.45, 2.75) is 6.04 Å². The minimum absolute atomic E-state index is 0.315. The van der Waals surface area contributed by atoms with E-state index < -0.39 is 0 Å². The lowest BCUT2D eigenvalue weighted by atomic mass is 10.2. The highest BCUT2D eigenvalue weighted by Crippen LogP contribution is 2.20. The van der Waals surface area contributed by atoms with Gasteiger partial charge in [-0.15, -0.1) is 11.3 Å². The van der Waals surface area contributed by atoms with Crippen molar-refractivity contribution in [3.8, 4) is 0 Å². The van der Waals surface area contributed by atoms with Gasteiger partial charge in [0.05, 0.1) is 12.6 Å². The van der Waals surface area contributed by atoms with E-state index in [1.807, 2.05) is 6.07 Å². The quantitative estimate of drug-likeness (QED) is 0.647. The van der Waals surface area contributed by atoms with Crippen LogP contribution < -0.4 is 11.1 Å². The first-order chi connectivity index (χ1) is 5.36.